The maximum Gasteiger partial charge on any atom is 0.314 e. The predicted octanol–water partition coefficient (Wildman–Crippen LogP) is 2.38. The average molecular weight is 375 g/mol. The molecule has 0 saturated carbocycles. The summed E-state index contributed by atoms with van der Waals surface area (Å²) in [6, 6.07) is 11.6. The smallest absolute Gasteiger partial charge is 0.314 e. The molecular formula is C18H21N3O4S. The molecule has 0 atom stereocenters. The molecule has 7 nitrogen and oxygen atoms in total. The number of rotatable bonds is 5. The molecule has 1 aliphatic rings. The summed E-state index contributed by atoms with van der Waals surface area (Å²) in [5, 5.41) is 8.83. The number of carbonyl (C=O) groups is 2. The van der Waals surface area contributed by atoms with Gasteiger partial charge in [0.1, 0.15) is 5.76 Å². The van der Waals surface area contributed by atoms with E-state index >= 15 is 0 Å². The minimum atomic E-state index is -0.759. The van der Waals surface area contributed by atoms with Crippen molar-refractivity contribution < 1.29 is 18.8 Å². The van der Waals surface area contributed by atoms with Gasteiger partial charge in [0, 0.05) is 35.5 Å². The number of carbonyl (C=O) groups excluding carboxylic acids is 2. The van der Waals surface area contributed by atoms with E-state index in [-0.39, 0.29) is 10.6 Å². The van der Waals surface area contributed by atoms with Gasteiger partial charge in [-0.15, -0.1) is 11.8 Å². The molecule has 8 heteroatoms. The second kappa shape index (κ2) is 8.37. The first-order valence-corrected chi connectivity index (χ1v) is 9.22. The summed E-state index contributed by atoms with van der Waals surface area (Å²) in [7, 11) is 0. The summed E-state index contributed by atoms with van der Waals surface area (Å²) >= 11 is 1.72. The highest BCUT2D eigenvalue weighted by molar-refractivity contribution is 8.00. The molecule has 2 aromatic rings. The zero-order valence-electron chi connectivity index (χ0n) is 14.5. The lowest BCUT2D eigenvalue weighted by molar-refractivity contribution is -0.136. The van der Waals surface area contributed by atoms with Gasteiger partial charge in [-0.2, -0.15) is 0 Å². The highest BCUT2D eigenvalue weighted by Crippen LogP contribution is 2.40. The van der Waals surface area contributed by atoms with Crippen molar-refractivity contribution in [1.82, 2.24) is 10.5 Å². The summed E-state index contributed by atoms with van der Waals surface area (Å²) in [4.78, 5) is 25.3. The highest BCUT2D eigenvalue weighted by atomic mass is 32.2. The largest absolute Gasteiger partial charge is 0.381 e. The normalized spacial score (nSPS) is 16.0. The Bertz CT molecular complexity index is 757. The molecule has 1 aliphatic heterocycles. The summed E-state index contributed by atoms with van der Waals surface area (Å²) in [5.41, 5.74) is 0. The van der Waals surface area contributed by atoms with Gasteiger partial charge < -0.3 is 14.6 Å². The Labute approximate surface area is 155 Å². The van der Waals surface area contributed by atoms with Crippen molar-refractivity contribution in [3.8, 4) is 0 Å². The first kappa shape index (κ1) is 18.5. The molecule has 1 aromatic heterocycles. The van der Waals surface area contributed by atoms with Gasteiger partial charge in [0.25, 0.3) is 0 Å². The van der Waals surface area contributed by atoms with Gasteiger partial charge >= 0.3 is 11.8 Å². The molecule has 3 rings (SSSR count). The number of nitrogens with one attached hydrogen (secondary N) is 2. The van der Waals surface area contributed by atoms with E-state index < -0.39 is 11.8 Å². The number of ether oxygens (including phenoxy) is 1. The van der Waals surface area contributed by atoms with Crippen LogP contribution in [0.5, 0.6) is 0 Å². The third-order valence-electron chi connectivity index (χ3n) is 4.13. The van der Waals surface area contributed by atoms with Gasteiger partial charge in [0.05, 0.1) is 0 Å². The molecule has 0 spiro atoms. The van der Waals surface area contributed by atoms with E-state index in [1.54, 1.807) is 24.8 Å². The van der Waals surface area contributed by atoms with E-state index in [0.717, 1.165) is 17.7 Å². The first-order valence-electron chi connectivity index (χ1n) is 8.41. The van der Waals surface area contributed by atoms with Gasteiger partial charge in [-0.05, 0) is 31.9 Å². The number of nitrogens with zero attached hydrogens (tertiary/aromatic N) is 1. The van der Waals surface area contributed by atoms with Crippen molar-refractivity contribution in [2.45, 2.75) is 29.4 Å². The van der Waals surface area contributed by atoms with E-state index in [1.165, 1.54) is 0 Å². The van der Waals surface area contributed by atoms with Crippen molar-refractivity contribution in [2.75, 3.05) is 25.1 Å². The Kier molecular flexibility index (Phi) is 5.95. The Morgan fingerprint density at radius 1 is 1.19 bits per heavy atom. The number of benzene rings is 1. The lowest BCUT2D eigenvalue weighted by atomic mass is 9.99. The highest BCUT2D eigenvalue weighted by Gasteiger charge is 2.35. The Hall–Kier alpha value is -2.32. The van der Waals surface area contributed by atoms with E-state index in [2.05, 4.69) is 15.8 Å². The number of anilines is 1. The third-order valence-corrected chi connectivity index (χ3v) is 5.62. The van der Waals surface area contributed by atoms with Crippen molar-refractivity contribution in [2.24, 2.45) is 0 Å². The van der Waals surface area contributed by atoms with Crippen LogP contribution in [0.3, 0.4) is 0 Å². The van der Waals surface area contributed by atoms with Crippen molar-refractivity contribution in [1.29, 1.82) is 0 Å². The van der Waals surface area contributed by atoms with Crippen molar-refractivity contribution >= 4 is 29.4 Å². The third kappa shape index (κ3) is 4.86. The molecule has 0 unspecified atom stereocenters. The van der Waals surface area contributed by atoms with Crippen molar-refractivity contribution in [3.63, 3.8) is 0 Å². The fourth-order valence-corrected chi connectivity index (χ4v) is 4.03. The Morgan fingerprint density at radius 3 is 2.58 bits per heavy atom. The fraction of sp³-hybridized carbons (Fsp3) is 0.389. The van der Waals surface area contributed by atoms with Crippen LogP contribution in [0.15, 0.2) is 45.8 Å². The van der Waals surface area contributed by atoms with Crippen LogP contribution in [-0.4, -0.2) is 41.5 Å². The van der Waals surface area contributed by atoms with Crippen LogP contribution in [0.4, 0.5) is 5.82 Å². The summed E-state index contributed by atoms with van der Waals surface area (Å²) in [5.74, 6) is -0.668. The van der Waals surface area contributed by atoms with E-state index in [0.29, 0.717) is 25.5 Å². The zero-order valence-corrected chi connectivity index (χ0v) is 15.3. The quantitative estimate of drug-likeness (QED) is 0.780. The van der Waals surface area contributed by atoms with Crippen molar-refractivity contribution in [3.05, 3.63) is 42.2 Å². The molecule has 2 N–H and O–H groups in total. The van der Waals surface area contributed by atoms with Crippen LogP contribution in [0.2, 0.25) is 0 Å². The summed E-state index contributed by atoms with van der Waals surface area (Å²) < 4.78 is 10.1. The number of aromatic nitrogens is 1. The van der Waals surface area contributed by atoms with Crippen LogP contribution in [0.25, 0.3) is 0 Å². The maximum atomic E-state index is 12.2. The maximum absolute atomic E-state index is 12.2. The van der Waals surface area contributed by atoms with Crippen LogP contribution in [0.1, 0.15) is 18.6 Å². The minimum absolute atomic E-state index is 0.194. The van der Waals surface area contributed by atoms with E-state index in [1.807, 2.05) is 30.3 Å². The number of thioether (sulfide) groups is 1. The second-order valence-corrected chi connectivity index (χ2v) is 7.71. The molecule has 2 heterocycles. The van der Waals surface area contributed by atoms with Crippen LogP contribution in [0, 0.1) is 6.92 Å². The molecule has 138 valence electrons. The number of hydrogen-bond acceptors (Lipinski definition) is 6. The van der Waals surface area contributed by atoms with Gasteiger partial charge in [0.2, 0.25) is 0 Å². The molecule has 0 aliphatic carbocycles. The van der Waals surface area contributed by atoms with Crippen LogP contribution in [-0.2, 0) is 14.3 Å². The fourth-order valence-electron chi connectivity index (χ4n) is 2.72. The van der Waals surface area contributed by atoms with E-state index in [9.17, 15) is 9.59 Å². The molecule has 2 amide bonds. The Morgan fingerprint density at radius 2 is 1.92 bits per heavy atom. The molecule has 1 saturated heterocycles. The predicted molar refractivity (Wildman–Crippen MR) is 98.0 cm³/mol. The number of amides is 2. The monoisotopic (exact) mass is 375 g/mol. The molecule has 0 bridgehead atoms. The Balaban J connectivity index is 1.60. The SMILES string of the molecule is Cc1cc(NC(=O)C(=O)NCC2(Sc3ccccc3)CCOCC2)no1. The first-order chi connectivity index (χ1) is 12.6. The molecule has 0 radical (unpaired) electrons. The average Bonchev–Trinajstić information content (AvgIpc) is 3.06. The standard InChI is InChI=1S/C18H21N3O4S/c1-13-11-15(21-25-13)20-17(23)16(22)19-12-18(7-9-24-10-8-18)26-14-5-3-2-4-6-14/h2-6,11H,7-10,12H2,1H3,(H,19,22)(H,20,21,23). The zero-order chi connectivity index (χ0) is 18.4. The lowest BCUT2D eigenvalue weighted by Crippen LogP contribution is -2.47. The molecule has 26 heavy (non-hydrogen) atoms. The lowest BCUT2D eigenvalue weighted by Gasteiger charge is -2.36. The van der Waals surface area contributed by atoms with Gasteiger partial charge in [-0.3, -0.25) is 14.9 Å². The molecule has 1 fully saturated rings. The topological polar surface area (TPSA) is 93.5 Å². The van der Waals surface area contributed by atoms with Gasteiger partial charge in [0.15, 0.2) is 5.82 Å². The summed E-state index contributed by atoms with van der Waals surface area (Å²) in [6.07, 6.45) is 1.61. The minimum Gasteiger partial charge on any atom is -0.381 e. The second-order valence-electron chi connectivity index (χ2n) is 6.17. The van der Waals surface area contributed by atoms with Crippen LogP contribution < -0.4 is 10.6 Å². The molecular weight excluding hydrogens is 354 g/mol. The summed E-state index contributed by atoms with van der Waals surface area (Å²) in [6.45, 7) is 3.37. The van der Waals surface area contributed by atoms with Gasteiger partial charge in [-0.25, -0.2) is 0 Å². The van der Waals surface area contributed by atoms with E-state index in [4.69, 9.17) is 9.26 Å². The van der Waals surface area contributed by atoms with Gasteiger partial charge in [-0.1, -0.05) is 23.4 Å². The number of aryl methyl sites for hydroxylation is 1. The molecule has 1 aromatic carbocycles. The number of hydrogen-bond donors (Lipinski definition) is 2. The van der Waals surface area contributed by atoms with Crippen LogP contribution >= 0.6 is 11.8 Å².